The monoisotopic (exact) mass is 459 g/mol. The highest BCUT2D eigenvalue weighted by atomic mass is 79.9. The molecule has 1 unspecified atom stereocenters. The molecule has 0 fully saturated rings. The number of para-hydroxylation sites is 1. The Hall–Kier alpha value is -2.72. The van der Waals surface area contributed by atoms with E-state index in [0.29, 0.717) is 40.6 Å². The predicted molar refractivity (Wildman–Crippen MR) is 117 cm³/mol. The van der Waals surface area contributed by atoms with Crippen LogP contribution in [0.1, 0.15) is 26.3 Å². The molecule has 7 heteroatoms. The summed E-state index contributed by atoms with van der Waals surface area (Å²) >= 11 is 3.38. The maximum absolute atomic E-state index is 12.3. The van der Waals surface area contributed by atoms with Gasteiger partial charge in [-0.05, 0) is 47.0 Å². The van der Waals surface area contributed by atoms with Crippen LogP contribution in [0.25, 0.3) is 0 Å². The molecule has 6 nitrogen and oxygen atoms in total. The highest BCUT2D eigenvalue weighted by Gasteiger charge is 2.17. The summed E-state index contributed by atoms with van der Waals surface area (Å²) in [5.41, 5.74) is 1.46. The third-order valence-electron chi connectivity index (χ3n) is 4.24. The van der Waals surface area contributed by atoms with Crippen molar-refractivity contribution in [2.75, 3.05) is 25.1 Å². The van der Waals surface area contributed by atoms with Crippen molar-refractivity contribution in [3.8, 4) is 17.6 Å². The molecule has 2 rings (SSSR count). The first-order valence-corrected chi connectivity index (χ1v) is 10.3. The van der Waals surface area contributed by atoms with Crippen LogP contribution in [0.4, 0.5) is 5.69 Å². The van der Waals surface area contributed by atoms with Crippen molar-refractivity contribution in [3.05, 3.63) is 52.5 Å². The fraction of sp³-hybridized carbons (Fsp3) is 0.364. The van der Waals surface area contributed by atoms with Gasteiger partial charge in [0.1, 0.15) is 0 Å². The molecule has 2 aromatic carbocycles. The molecule has 29 heavy (non-hydrogen) atoms. The minimum atomic E-state index is -0.232. The van der Waals surface area contributed by atoms with Gasteiger partial charge in [0.15, 0.2) is 18.1 Å². The number of hydrogen-bond donors (Lipinski definition) is 2. The van der Waals surface area contributed by atoms with Gasteiger partial charge in [-0.3, -0.25) is 4.79 Å². The van der Waals surface area contributed by atoms with Gasteiger partial charge in [-0.25, -0.2) is 0 Å². The number of ether oxygens (including phenoxy) is 2. The zero-order valence-electron chi connectivity index (χ0n) is 16.9. The van der Waals surface area contributed by atoms with Gasteiger partial charge in [0.2, 0.25) is 0 Å². The molecular weight excluding hydrogens is 434 g/mol. The Morgan fingerprint density at radius 2 is 1.93 bits per heavy atom. The van der Waals surface area contributed by atoms with E-state index in [2.05, 4.69) is 46.5 Å². The van der Waals surface area contributed by atoms with Gasteiger partial charge >= 0.3 is 0 Å². The first-order chi connectivity index (χ1) is 13.9. The van der Waals surface area contributed by atoms with Crippen LogP contribution >= 0.6 is 15.9 Å². The number of nitrogens with zero attached hydrogens (tertiary/aromatic N) is 1. The maximum Gasteiger partial charge on any atom is 0.258 e. The molecule has 0 aliphatic heterocycles. The number of rotatable bonds is 10. The number of nitriles is 1. The zero-order valence-corrected chi connectivity index (χ0v) is 18.5. The minimum Gasteiger partial charge on any atom is -0.490 e. The Morgan fingerprint density at radius 3 is 2.55 bits per heavy atom. The van der Waals surface area contributed by atoms with Crippen molar-refractivity contribution in [2.24, 2.45) is 5.92 Å². The number of benzene rings is 2. The van der Waals surface area contributed by atoms with Crippen LogP contribution in [0.5, 0.6) is 11.5 Å². The molecule has 0 heterocycles. The summed E-state index contributed by atoms with van der Waals surface area (Å²) in [7, 11) is 0. The Morgan fingerprint density at radius 1 is 1.21 bits per heavy atom. The molecule has 0 saturated heterocycles. The molecular formula is C22H26BrN3O3. The second-order valence-corrected chi connectivity index (χ2v) is 7.64. The van der Waals surface area contributed by atoms with Crippen LogP contribution in [-0.2, 0) is 4.79 Å². The lowest BCUT2D eigenvalue weighted by atomic mass is 10.0. The summed E-state index contributed by atoms with van der Waals surface area (Å²) < 4.78 is 11.8. The van der Waals surface area contributed by atoms with Crippen LogP contribution in [-0.4, -0.2) is 31.7 Å². The summed E-state index contributed by atoms with van der Waals surface area (Å²) in [6.45, 7) is 6.79. The van der Waals surface area contributed by atoms with E-state index in [-0.39, 0.29) is 18.6 Å². The van der Waals surface area contributed by atoms with Gasteiger partial charge in [-0.2, -0.15) is 5.26 Å². The van der Waals surface area contributed by atoms with Gasteiger partial charge in [-0.1, -0.05) is 32.0 Å². The van der Waals surface area contributed by atoms with E-state index in [1.807, 2.05) is 37.3 Å². The molecule has 154 valence electrons. The topological polar surface area (TPSA) is 83.4 Å². The van der Waals surface area contributed by atoms with Crippen molar-refractivity contribution < 1.29 is 14.3 Å². The minimum absolute atomic E-state index is 0.0852. The van der Waals surface area contributed by atoms with Crippen molar-refractivity contribution >= 4 is 27.5 Å². The first kappa shape index (κ1) is 22.6. The molecule has 0 aromatic heterocycles. The van der Waals surface area contributed by atoms with Gasteiger partial charge in [-0.15, -0.1) is 0 Å². The van der Waals surface area contributed by atoms with E-state index in [4.69, 9.17) is 14.7 Å². The number of halogens is 1. The summed E-state index contributed by atoms with van der Waals surface area (Å²) in [6.07, 6.45) is 0. The number of nitrogens with one attached hydrogen (secondary N) is 2. The van der Waals surface area contributed by atoms with Crippen LogP contribution in [0.2, 0.25) is 0 Å². The highest BCUT2D eigenvalue weighted by Crippen LogP contribution is 2.36. The molecule has 0 spiro atoms. The standard InChI is InChI=1S/C22H26BrN3O3/c1-4-28-20-11-16(12-24)10-18(23)22(20)29-14-21(27)25-13-19(15(2)3)26-17-8-6-5-7-9-17/h5-11,15,19,26H,4,13-14H2,1-3H3,(H,25,27). The van der Waals surface area contributed by atoms with E-state index in [1.165, 1.54) is 0 Å². The van der Waals surface area contributed by atoms with Crippen molar-refractivity contribution in [2.45, 2.75) is 26.8 Å². The SMILES string of the molecule is CCOc1cc(C#N)cc(Br)c1OCC(=O)NCC(Nc1ccccc1)C(C)C. The van der Waals surface area contributed by atoms with Gasteiger partial charge in [0, 0.05) is 24.3 Å². The van der Waals surface area contributed by atoms with Crippen LogP contribution < -0.4 is 20.1 Å². The fourth-order valence-corrected chi connectivity index (χ4v) is 3.21. The lowest BCUT2D eigenvalue weighted by molar-refractivity contribution is -0.123. The van der Waals surface area contributed by atoms with Crippen molar-refractivity contribution in [3.63, 3.8) is 0 Å². The Bertz CT molecular complexity index is 850. The second-order valence-electron chi connectivity index (χ2n) is 6.78. The summed E-state index contributed by atoms with van der Waals surface area (Å²) in [4.78, 5) is 12.3. The van der Waals surface area contributed by atoms with E-state index < -0.39 is 0 Å². The maximum atomic E-state index is 12.3. The summed E-state index contributed by atoms with van der Waals surface area (Å²) in [6, 6.07) is 15.3. The zero-order chi connectivity index (χ0) is 21.2. The smallest absolute Gasteiger partial charge is 0.258 e. The van der Waals surface area contributed by atoms with E-state index >= 15 is 0 Å². The quantitative estimate of drug-likeness (QED) is 0.551. The fourth-order valence-electron chi connectivity index (χ4n) is 2.65. The average molecular weight is 460 g/mol. The molecule has 1 amide bonds. The van der Waals surface area contributed by atoms with Crippen LogP contribution in [0, 0.1) is 17.2 Å². The van der Waals surface area contributed by atoms with Gasteiger partial charge in [0.05, 0.1) is 22.7 Å². The molecule has 0 radical (unpaired) electrons. The Balaban J connectivity index is 1.94. The van der Waals surface area contributed by atoms with Crippen molar-refractivity contribution in [1.29, 1.82) is 5.26 Å². The van der Waals surface area contributed by atoms with E-state index in [1.54, 1.807) is 12.1 Å². The first-order valence-electron chi connectivity index (χ1n) is 9.52. The molecule has 0 bridgehead atoms. The molecule has 0 saturated carbocycles. The molecule has 2 N–H and O–H groups in total. The Labute approximate surface area is 180 Å². The second kappa shape index (κ2) is 11.3. The van der Waals surface area contributed by atoms with Gasteiger partial charge in [0.25, 0.3) is 5.91 Å². The largest absolute Gasteiger partial charge is 0.490 e. The molecule has 0 aliphatic carbocycles. The van der Waals surface area contributed by atoms with E-state index in [9.17, 15) is 4.79 Å². The third-order valence-corrected chi connectivity index (χ3v) is 4.82. The lowest BCUT2D eigenvalue weighted by Gasteiger charge is -2.24. The third kappa shape index (κ3) is 6.99. The number of anilines is 1. The van der Waals surface area contributed by atoms with E-state index in [0.717, 1.165) is 5.69 Å². The highest BCUT2D eigenvalue weighted by molar-refractivity contribution is 9.10. The average Bonchev–Trinajstić information content (AvgIpc) is 2.71. The van der Waals surface area contributed by atoms with Crippen LogP contribution in [0.3, 0.4) is 0 Å². The number of amides is 1. The summed E-state index contributed by atoms with van der Waals surface area (Å²) in [5.74, 6) is 0.929. The van der Waals surface area contributed by atoms with Crippen molar-refractivity contribution in [1.82, 2.24) is 5.32 Å². The molecule has 2 aromatic rings. The molecule has 1 atom stereocenters. The number of hydrogen-bond acceptors (Lipinski definition) is 5. The predicted octanol–water partition coefficient (Wildman–Crippen LogP) is 4.35. The lowest BCUT2D eigenvalue weighted by Crippen LogP contribution is -2.41. The van der Waals surface area contributed by atoms with Crippen LogP contribution in [0.15, 0.2) is 46.9 Å². The summed E-state index contributed by atoms with van der Waals surface area (Å²) in [5, 5.41) is 15.5. The molecule has 0 aliphatic rings. The number of carbonyl (C=O) groups excluding carboxylic acids is 1. The van der Waals surface area contributed by atoms with Gasteiger partial charge < -0.3 is 20.1 Å². The Kier molecular flexibility index (Phi) is 8.81. The number of carbonyl (C=O) groups is 1. The normalized spacial score (nSPS) is 11.4.